The number of carbonyl (C=O) groups excluding carboxylic acids is 1. The van der Waals surface area contributed by atoms with Crippen LogP contribution >= 0.6 is 0 Å². The quantitative estimate of drug-likeness (QED) is 0.716. The lowest BCUT2D eigenvalue weighted by Crippen LogP contribution is -2.32. The molecule has 6 heteroatoms. The minimum absolute atomic E-state index is 0.0784. The molecule has 6 nitrogen and oxygen atoms in total. The molecule has 1 amide bonds. The van der Waals surface area contributed by atoms with Gasteiger partial charge in [0.1, 0.15) is 0 Å². The highest BCUT2D eigenvalue weighted by Gasteiger charge is 2.41. The molecule has 2 heterocycles. The number of H-pyrrole nitrogens is 1. The van der Waals surface area contributed by atoms with Crippen molar-refractivity contribution in [1.29, 1.82) is 0 Å². The van der Waals surface area contributed by atoms with E-state index in [0.29, 0.717) is 11.5 Å². The van der Waals surface area contributed by atoms with Crippen LogP contribution in [0.1, 0.15) is 20.8 Å². The lowest BCUT2D eigenvalue weighted by molar-refractivity contribution is -0.122. The van der Waals surface area contributed by atoms with Crippen molar-refractivity contribution in [2.24, 2.45) is 11.8 Å². The summed E-state index contributed by atoms with van der Waals surface area (Å²) >= 11 is 0. The predicted octanol–water partition coefficient (Wildman–Crippen LogP) is 0.990. The third kappa shape index (κ3) is 2.12. The largest absolute Gasteiger partial charge is 0.394 e. The van der Waals surface area contributed by atoms with E-state index in [-0.39, 0.29) is 30.0 Å². The fraction of sp³-hybridized carbons (Fsp3) is 0.636. The van der Waals surface area contributed by atoms with Crippen LogP contribution in [-0.4, -0.2) is 28.3 Å². The van der Waals surface area contributed by atoms with E-state index in [9.17, 15) is 4.79 Å². The molecule has 1 aliphatic heterocycles. The Balaban J connectivity index is 2.08. The fourth-order valence-electron chi connectivity index (χ4n) is 2.32. The number of anilines is 2. The third-order valence-electron chi connectivity index (χ3n) is 3.46. The van der Waals surface area contributed by atoms with E-state index in [1.807, 2.05) is 20.8 Å². The van der Waals surface area contributed by atoms with Gasteiger partial charge in [0.2, 0.25) is 5.91 Å². The van der Waals surface area contributed by atoms with Gasteiger partial charge in [-0.05, 0) is 19.8 Å². The lowest BCUT2D eigenvalue weighted by Gasteiger charge is -2.17. The Bertz CT molecular complexity index is 417. The van der Waals surface area contributed by atoms with Crippen LogP contribution in [0.4, 0.5) is 11.5 Å². The van der Waals surface area contributed by atoms with E-state index in [1.165, 1.54) is 6.20 Å². The van der Waals surface area contributed by atoms with Gasteiger partial charge in [0, 0.05) is 0 Å². The molecule has 94 valence electrons. The molecule has 4 unspecified atom stereocenters. The number of aromatic amines is 1. The molecule has 17 heavy (non-hydrogen) atoms. The van der Waals surface area contributed by atoms with Gasteiger partial charge in [-0.2, -0.15) is 5.10 Å². The Morgan fingerprint density at radius 3 is 2.65 bits per heavy atom. The van der Waals surface area contributed by atoms with Gasteiger partial charge < -0.3 is 15.8 Å². The predicted molar refractivity (Wildman–Crippen MR) is 64.3 cm³/mol. The van der Waals surface area contributed by atoms with Gasteiger partial charge in [0.05, 0.1) is 30.0 Å². The number of hydrogen-bond acceptors (Lipinski definition) is 4. The highest BCUT2D eigenvalue weighted by molar-refractivity contribution is 5.94. The van der Waals surface area contributed by atoms with Crippen molar-refractivity contribution in [2.75, 3.05) is 11.1 Å². The summed E-state index contributed by atoms with van der Waals surface area (Å²) in [6, 6.07) is 0. The van der Waals surface area contributed by atoms with Crippen molar-refractivity contribution < 1.29 is 9.53 Å². The number of amides is 1. The van der Waals surface area contributed by atoms with Gasteiger partial charge in [-0.15, -0.1) is 0 Å². The maximum atomic E-state index is 12.1. The molecule has 0 aromatic carbocycles. The Morgan fingerprint density at radius 1 is 1.47 bits per heavy atom. The maximum Gasteiger partial charge on any atom is 0.231 e. The van der Waals surface area contributed by atoms with Crippen molar-refractivity contribution in [3.8, 4) is 0 Å². The van der Waals surface area contributed by atoms with Gasteiger partial charge >= 0.3 is 0 Å². The van der Waals surface area contributed by atoms with Crippen LogP contribution in [0.3, 0.4) is 0 Å². The normalized spacial score (nSPS) is 32.6. The molecule has 0 bridgehead atoms. The van der Waals surface area contributed by atoms with Gasteiger partial charge in [-0.25, -0.2) is 0 Å². The monoisotopic (exact) mass is 238 g/mol. The van der Waals surface area contributed by atoms with Crippen molar-refractivity contribution >= 4 is 17.4 Å². The number of nitrogen functional groups attached to an aromatic ring is 1. The van der Waals surface area contributed by atoms with E-state index in [2.05, 4.69) is 15.5 Å². The smallest absolute Gasteiger partial charge is 0.231 e. The Kier molecular flexibility index (Phi) is 3.06. The number of nitrogens with one attached hydrogen (secondary N) is 2. The summed E-state index contributed by atoms with van der Waals surface area (Å²) in [5.41, 5.74) is 6.08. The molecule has 1 aromatic heterocycles. The van der Waals surface area contributed by atoms with Gasteiger partial charge in [0.15, 0.2) is 5.82 Å². The van der Waals surface area contributed by atoms with Crippen LogP contribution in [0.25, 0.3) is 0 Å². The molecule has 1 aromatic rings. The van der Waals surface area contributed by atoms with Gasteiger partial charge in [0.25, 0.3) is 0 Å². The third-order valence-corrected chi connectivity index (χ3v) is 3.46. The first kappa shape index (κ1) is 11.9. The molecule has 1 saturated heterocycles. The van der Waals surface area contributed by atoms with Crippen molar-refractivity contribution in [3.63, 3.8) is 0 Å². The topological polar surface area (TPSA) is 93.0 Å². The number of nitrogens with zero attached hydrogens (tertiary/aromatic N) is 1. The zero-order valence-electron chi connectivity index (χ0n) is 10.2. The minimum atomic E-state index is -0.160. The first-order valence-electron chi connectivity index (χ1n) is 5.76. The first-order chi connectivity index (χ1) is 8.00. The number of carbonyl (C=O) groups is 1. The van der Waals surface area contributed by atoms with Crippen LogP contribution < -0.4 is 11.1 Å². The summed E-state index contributed by atoms with van der Waals surface area (Å²) in [6.45, 7) is 5.92. The summed E-state index contributed by atoms with van der Waals surface area (Å²) in [7, 11) is 0. The van der Waals surface area contributed by atoms with Gasteiger partial charge in [-0.3, -0.25) is 9.89 Å². The number of rotatable bonds is 2. The molecule has 0 radical (unpaired) electrons. The average molecular weight is 238 g/mol. The zero-order valence-corrected chi connectivity index (χ0v) is 10.2. The second-order valence-corrected chi connectivity index (χ2v) is 4.62. The summed E-state index contributed by atoms with van der Waals surface area (Å²) in [6.07, 6.45) is 1.49. The molecule has 1 aliphatic rings. The number of hydrogen-bond donors (Lipinski definition) is 3. The van der Waals surface area contributed by atoms with E-state index in [1.54, 1.807) is 0 Å². The van der Waals surface area contributed by atoms with Crippen LogP contribution in [0, 0.1) is 11.8 Å². The molecular weight excluding hydrogens is 220 g/mol. The van der Waals surface area contributed by atoms with E-state index >= 15 is 0 Å². The van der Waals surface area contributed by atoms with Crippen molar-refractivity contribution in [1.82, 2.24) is 10.2 Å². The zero-order chi connectivity index (χ0) is 12.6. The summed E-state index contributed by atoms with van der Waals surface area (Å²) in [5, 5.41) is 9.16. The highest BCUT2D eigenvalue weighted by Crippen LogP contribution is 2.33. The molecule has 4 atom stereocenters. The van der Waals surface area contributed by atoms with Crippen LogP contribution in [-0.2, 0) is 9.53 Å². The van der Waals surface area contributed by atoms with Crippen LogP contribution in [0.5, 0.6) is 0 Å². The molecule has 0 saturated carbocycles. The van der Waals surface area contributed by atoms with E-state index in [4.69, 9.17) is 10.5 Å². The first-order valence-corrected chi connectivity index (χ1v) is 5.76. The summed E-state index contributed by atoms with van der Waals surface area (Å²) in [4.78, 5) is 12.1. The summed E-state index contributed by atoms with van der Waals surface area (Å²) < 4.78 is 5.64. The molecule has 0 aliphatic carbocycles. The van der Waals surface area contributed by atoms with E-state index < -0.39 is 0 Å². The molecule has 4 N–H and O–H groups in total. The standard InChI is InChI=1S/C11H18N4O2/c1-5-6(2)17-7(3)9(5)11(16)14-10-8(12)4-13-15-10/h4-7,9H,12H2,1-3H3,(H2,13,14,15,16). The lowest BCUT2D eigenvalue weighted by atomic mass is 9.89. The van der Waals surface area contributed by atoms with Crippen molar-refractivity contribution in [2.45, 2.75) is 33.0 Å². The average Bonchev–Trinajstić information content (AvgIpc) is 2.74. The molecular formula is C11H18N4O2. The fourth-order valence-corrected chi connectivity index (χ4v) is 2.32. The second kappa shape index (κ2) is 4.37. The van der Waals surface area contributed by atoms with Crippen LogP contribution in [0.2, 0.25) is 0 Å². The van der Waals surface area contributed by atoms with Crippen molar-refractivity contribution in [3.05, 3.63) is 6.20 Å². The summed E-state index contributed by atoms with van der Waals surface area (Å²) in [5.74, 6) is 0.404. The number of ether oxygens (including phenoxy) is 1. The highest BCUT2D eigenvalue weighted by atomic mass is 16.5. The number of nitrogens with two attached hydrogens (primary N) is 1. The minimum Gasteiger partial charge on any atom is -0.394 e. The Labute approximate surface area is 99.9 Å². The van der Waals surface area contributed by atoms with Crippen LogP contribution in [0.15, 0.2) is 6.20 Å². The Hall–Kier alpha value is -1.56. The molecule has 2 rings (SSSR count). The molecule has 0 spiro atoms. The molecule has 1 fully saturated rings. The van der Waals surface area contributed by atoms with Gasteiger partial charge in [-0.1, -0.05) is 6.92 Å². The van der Waals surface area contributed by atoms with E-state index in [0.717, 1.165) is 0 Å². The second-order valence-electron chi connectivity index (χ2n) is 4.62. The maximum absolute atomic E-state index is 12.1. The number of aromatic nitrogens is 2. The Morgan fingerprint density at radius 2 is 2.18 bits per heavy atom. The SMILES string of the molecule is CC1OC(C)C(C(=O)Nc2[nH]ncc2N)C1C.